The summed E-state index contributed by atoms with van der Waals surface area (Å²) in [4.78, 5) is 26.6. The average Bonchev–Trinajstić information content (AvgIpc) is 3.39. The molecule has 7 nitrogen and oxygen atoms in total. The van der Waals surface area contributed by atoms with Crippen LogP contribution in [0.2, 0.25) is 0 Å². The lowest BCUT2D eigenvalue weighted by atomic mass is 9.93. The number of anilines is 1. The van der Waals surface area contributed by atoms with Crippen LogP contribution in [0.25, 0.3) is 11.3 Å². The molecule has 0 N–H and O–H groups in total. The highest BCUT2D eigenvalue weighted by Crippen LogP contribution is 2.39. The van der Waals surface area contributed by atoms with E-state index in [9.17, 15) is 4.79 Å². The molecule has 0 unspecified atom stereocenters. The van der Waals surface area contributed by atoms with Crippen molar-refractivity contribution >= 4 is 11.9 Å². The van der Waals surface area contributed by atoms with Crippen molar-refractivity contribution in [2.45, 2.75) is 57.9 Å². The van der Waals surface area contributed by atoms with Gasteiger partial charge in [0.15, 0.2) is 5.76 Å². The third-order valence-electron chi connectivity index (χ3n) is 5.90. The summed E-state index contributed by atoms with van der Waals surface area (Å²) in [7, 11) is 3.86. The van der Waals surface area contributed by atoms with Gasteiger partial charge in [0, 0.05) is 38.8 Å². The quantitative estimate of drug-likeness (QED) is 0.800. The summed E-state index contributed by atoms with van der Waals surface area (Å²) in [6.07, 6.45) is 9.23. The second kappa shape index (κ2) is 7.89. The second-order valence-electron chi connectivity index (χ2n) is 8.22. The molecule has 2 aromatic heterocycles. The van der Waals surface area contributed by atoms with E-state index in [0.29, 0.717) is 17.6 Å². The van der Waals surface area contributed by atoms with Gasteiger partial charge in [-0.15, -0.1) is 0 Å². The summed E-state index contributed by atoms with van der Waals surface area (Å²) < 4.78 is 5.53. The van der Waals surface area contributed by atoms with E-state index in [1.807, 2.05) is 38.2 Å². The summed E-state index contributed by atoms with van der Waals surface area (Å²) in [6.45, 7) is 2.70. The van der Waals surface area contributed by atoms with E-state index in [4.69, 9.17) is 9.51 Å². The number of rotatable bonds is 4. The lowest BCUT2D eigenvalue weighted by molar-refractivity contribution is -0.139. The first-order valence-corrected chi connectivity index (χ1v) is 10.3. The zero-order valence-electron chi connectivity index (χ0n) is 17.0. The molecule has 0 spiro atoms. The van der Waals surface area contributed by atoms with E-state index >= 15 is 0 Å². The molecule has 1 atom stereocenters. The van der Waals surface area contributed by atoms with E-state index < -0.39 is 0 Å². The Kier molecular flexibility index (Phi) is 5.33. The maximum atomic E-state index is 13.3. The van der Waals surface area contributed by atoms with Crippen molar-refractivity contribution in [1.82, 2.24) is 20.0 Å². The van der Waals surface area contributed by atoms with Gasteiger partial charge >= 0.3 is 0 Å². The van der Waals surface area contributed by atoms with Crippen molar-refractivity contribution in [2.24, 2.45) is 5.92 Å². The first kappa shape index (κ1) is 18.9. The maximum Gasteiger partial charge on any atom is 0.226 e. The molecular weight excluding hydrogens is 354 g/mol. The van der Waals surface area contributed by atoms with Gasteiger partial charge in [0.05, 0.1) is 23.0 Å². The number of hydrogen-bond donors (Lipinski definition) is 0. The van der Waals surface area contributed by atoms with Crippen LogP contribution in [0.5, 0.6) is 0 Å². The molecule has 2 fully saturated rings. The number of amides is 1. The minimum absolute atomic E-state index is 0.0380. The number of aromatic nitrogens is 3. The molecule has 150 valence electrons. The molecule has 2 aromatic rings. The molecule has 7 heteroatoms. The Bertz CT molecular complexity index is 841. The van der Waals surface area contributed by atoms with Crippen LogP contribution in [0, 0.1) is 12.8 Å². The average molecular weight is 383 g/mol. The summed E-state index contributed by atoms with van der Waals surface area (Å²) >= 11 is 0. The molecule has 1 saturated carbocycles. The second-order valence-corrected chi connectivity index (χ2v) is 8.22. The lowest BCUT2D eigenvalue weighted by Gasteiger charge is -2.37. The van der Waals surface area contributed by atoms with E-state index in [1.54, 1.807) is 0 Å². The lowest BCUT2D eigenvalue weighted by Crippen LogP contribution is -2.42. The highest BCUT2D eigenvalue weighted by atomic mass is 16.5. The Hall–Kier alpha value is -2.44. The molecule has 1 amide bonds. The van der Waals surface area contributed by atoms with E-state index in [2.05, 4.69) is 15.0 Å². The number of carbonyl (C=O) groups is 1. The van der Waals surface area contributed by atoms with Crippen LogP contribution >= 0.6 is 0 Å². The maximum absolute atomic E-state index is 13.3. The molecular formula is C21H29N5O2. The summed E-state index contributed by atoms with van der Waals surface area (Å²) in [6, 6.07) is 1.87. The zero-order valence-corrected chi connectivity index (χ0v) is 17.0. The zero-order chi connectivity index (χ0) is 19.7. The van der Waals surface area contributed by atoms with Gasteiger partial charge in [-0.3, -0.25) is 4.79 Å². The predicted octanol–water partition coefficient (Wildman–Crippen LogP) is 3.75. The van der Waals surface area contributed by atoms with Crippen molar-refractivity contribution in [3.8, 4) is 11.3 Å². The monoisotopic (exact) mass is 383 g/mol. The fraction of sp³-hybridized carbons (Fsp3) is 0.619. The van der Waals surface area contributed by atoms with Gasteiger partial charge in [-0.1, -0.05) is 18.0 Å². The molecule has 0 aromatic carbocycles. The Morgan fingerprint density at radius 2 is 1.93 bits per heavy atom. The Morgan fingerprint density at radius 1 is 1.18 bits per heavy atom. The molecule has 0 bridgehead atoms. The molecule has 4 rings (SSSR count). The molecule has 28 heavy (non-hydrogen) atoms. The van der Waals surface area contributed by atoms with Crippen molar-refractivity contribution in [3.63, 3.8) is 0 Å². The summed E-state index contributed by atoms with van der Waals surface area (Å²) in [5.41, 5.74) is 2.53. The highest BCUT2D eigenvalue weighted by Gasteiger charge is 2.36. The third kappa shape index (κ3) is 3.62. The van der Waals surface area contributed by atoms with Crippen molar-refractivity contribution in [2.75, 3.05) is 25.5 Å². The van der Waals surface area contributed by atoms with Crippen molar-refractivity contribution in [3.05, 3.63) is 23.7 Å². The SMILES string of the molecule is Cc1cc(-c2cnc(N(C)C)nc2[C@H]2CCCCN2C(=O)C2CCCC2)on1. The van der Waals surface area contributed by atoms with Crippen molar-refractivity contribution < 1.29 is 9.32 Å². The fourth-order valence-corrected chi connectivity index (χ4v) is 4.42. The standard InChI is InChI=1S/C21H29N5O2/c1-14-12-18(28-24-14)16-13-22-21(25(2)3)23-19(16)17-10-6-7-11-26(17)20(27)15-8-4-5-9-15/h12-13,15,17H,4-11H2,1-3H3/t17-/m1/s1. The Morgan fingerprint density at radius 3 is 2.61 bits per heavy atom. The largest absolute Gasteiger partial charge is 0.356 e. The van der Waals surface area contributed by atoms with Crippen LogP contribution < -0.4 is 4.90 Å². The highest BCUT2D eigenvalue weighted by molar-refractivity contribution is 5.80. The van der Waals surface area contributed by atoms with Crippen LogP contribution in [0.1, 0.15) is 62.4 Å². The molecule has 2 aliphatic rings. The van der Waals surface area contributed by atoms with Crippen molar-refractivity contribution in [1.29, 1.82) is 0 Å². The van der Waals surface area contributed by atoms with Gasteiger partial charge in [-0.2, -0.15) is 0 Å². The van der Waals surface area contributed by atoms with E-state index in [1.165, 1.54) is 0 Å². The normalized spacial score (nSPS) is 20.5. The van der Waals surface area contributed by atoms with Gasteiger partial charge in [-0.05, 0) is 39.0 Å². The van der Waals surface area contributed by atoms with Crippen LogP contribution in [-0.2, 0) is 4.79 Å². The smallest absolute Gasteiger partial charge is 0.226 e. The molecule has 1 aliphatic carbocycles. The van der Waals surface area contributed by atoms with Gasteiger partial charge < -0.3 is 14.3 Å². The molecule has 0 radical (unpaired) electrons. The van der Waals surface area contributed by atoms with Crippen LogP contribution in [0.15, 0.2) is 16.8 Å². The first-order valence-electron chi connectivity index (χ1n) is 10.3. The number of likely N-dealkylation sites (tertiary alicyclic amines) is 1. The fourth-order valence-electron chi connectivity index (χ4n) is 4.42. The Labute approximate surface area is 166 Å². The molecule has 3 heterocycles. The first-order chi connectivity index (χ1) is 13.5. The number of carbonyl (C=O) groups excluding carboxylic acids is 1. The van der Waals surface area contributed by atoms with Gasteiger partial charge in [0.25, 0.3) is 0 Å². The third-order valence-corrected chi connectivity index (χ3v) is 5.90. The number of piperidine rings is 1. The van der Waals surface area contributed by atoms with Crippen LogP contribution in [-0.4, -0.2) is 46.6 Å². The van der Waals surface area contributed by atoms with E-state index in [-0.39, 0.29) is 12.0 Å². The molecule has 1 saturated heterocycles. The Balaban J connectivity index is 1.75. The minimum Gasteiger partial charge on any atom is -0.356 e. The number of aryl methyl sites for hydroxylation is 1. The van der Waals surface area contributed by atoms with Crippen LogP contribution in [0.4, 0.5) is 5.95 Å². The minimum atomic E-state index is -0.0380. The predicted molar refractivity (Wildman–Crippen MR) is 107 cm³/mol. The van der Waals surface area contributed by atoms with Gasteiger partial charge in [-0.25, -0.2) is 9.97 Å². The summed E-state index contributed by atoms with van der Waals surface area (Å²) in [5, 5.41) is 4.03. The van der Waals surface area contributed by atoms with Crippen LogP contribution in [0.3, 0.4) is 0 Å². The van der Waals surface area contributed by atoms with E-state index in [0.717, 1.165) is 68.4 Å². The topological polar surface area (TPSA) is 75.4 Å². The molecule has 1 aliphatic heterocycles. The van der Waals surface area contributed by atoms with Gasteiger partial charge in [0.1, 0.15) is 0 Å². The van der Waals surface area contributed by atoms with Gasteiger partial charge in [0.2, 0.25) is 11.9 Å². The summed E-state index contributed by atoms with van der Waals surface area (Å²) in [5.74, 6) is 1.78. The number of nitrogens with zero attached hydrogens (tertiary/aromatic N) is 5. The number of hydrogen-bond acceptors (Lipinski definition) is 6.